The maximum atomic E-state index is 11.9. The summed E-state index contributed by atoms with van der Waals surface area (Å²) in [6.07, 6.45) is 6.80. The van der Waals surface area contributed by atoms with Crippen molar-refractivity contribution in [1.82, 2.24) is 20.9 Å². The van der Waals surface area contributed by atoms with Crippen LogP contribution in [0, 0.1) is 19.3 Å². The maximum absolute atomic E-state index is 11.9. The first-order chi connectivity index (χ1) is 20.5. The molecule has 0 saturated carbocycles. The zero-order valence-corrected chi connectivity index (χ0v) is 24.4. The average Bonchev–Trinajstić information content (AvgIpc) is 3.01. The smallest absolute Gasteiger partial charge is 0.246 e. The highest BCUT2D eigenvalue weighted by molar-refractivity contribution is 5.77. The third-order valence-electron chi connectivity index (χ3n) is 6.48. The molecule has 1 aromatic heterocycles. The van der Waals surface area contributed by atoms with Crippen LogP contribution in [0.3, 0.4) is 0 Å². The summed E-state index contributed by atoms with van der Waals surface area (Å²) in [5.74, 6) is 3.17. The molecule has 9 nitrogen and oxygen atoms in total. The number of ether oxygens (including phenoxy) is 3. The van der Waals surface area contributed by atoms with Crippen molar-refractivity contribution in [2.24, 2.45) is 0 Å². The zero-order valence-electron chi connectivity index (χ0n) is 24.4. The Morgan fingerprint density at radius 3 is 2.52 bits per heavy atom. The monoisotopic (exact) mass is 572 g/mol. The number of nitrogens with one attached hydrogen (secondary N) is 3. The van der Waals surface area contributed by atoms with Crippen LogP contribution in [0.2, 0.25) is 0 Å². The summed E-state index contributed by atoms with van der Waals surface area (Å²) in [6, 6.07) is 20.3. The number of methoxy groups -OCH3 is 1. The van der Waals surface area contributed by atoms with Gasteiger partial charge in [-0.25, -0.2) is 0 Å². The zero-order chi connectivity index (χ0) is 30.0. The molecule has 0 unspecified atom stereocenters. The van der Waals surface area contributed by atoms with Crippen LogP contribution in [0.15, 0.2) is 60.7 Å². The van der Waals surface area contributed by atoms with Gasteiger partial charge in [-0.1, -0.05) is 48.5 Å². The molecule has 3 rings (SSSR count). The van der Waals surface area contributed by atoms with Crippen LogP contribution in [0.1, 0.15) is 36.0 Å². The molecular weight excluding hydrogens is 532 g/mol. The molecule has 9 heteroatoms. The summed E-state index contributed by atoms with van der Waals surface area (Å²) in [7, 11) is 1.58. The molecule has 0 atom stereocenters. The van der Waals surface area contributed by atoms with Gasteiger partial charge in [0.2, 0.25) is 23.6 Å². The first-order valence-corrected chi connectivity index (χ1v) is 14.1. The number of hydrogen-bond donors (Lipinski definition) is 3. The number of aromatic nitrogens is 1. The predicted molar refractivity (Wildman–Crippen MR) is 163 cm³/mol. The fourth-order valence-corrected chi connectivity index (χ4v) is 4.20. The molecule has 0 spiro atoms. The molecule has 0 aliphatic carbocycles. The summed E-state index contributed by atoms with van der Waals surface area (Å²) in [5, 5.41) is 8.79. The van der Waals surface area contributed by atoms with Crippen molar-refractivity contribution in [3.63, 3.8) is 0 Å². The van der Waals surface area contributed by atoms with Gasteiger partial charge in [-0.3, -0.25) is 9.59 Å². The van der Waals surface area contributed by atoms with Crippen molar-refractivity contribution in [2.75, 3.05) is 40.0 Å². The van der Waals surface area contributed by atoms with Crippen LogP contribution in [0.25, 0.3) is 11.1 Å². The number of pyridine rings is 1. The van der Waals surface area contributed by atoms with E-state index in [1.54, 1.807) is 7.11 Å². The third kappa shape index (κ3) is 10.9. The fourth-order valence-electron chi connectivity index (χ4n) is 4.20. The minimum absolute atomic E-state index is 0.0672. The lowest BCUT2D eigenvalue weighted by Gasteiger charge is -2.14. The molecule has 0 bridgehead atoms. The molecule has 3 aromatic rings. The van der Waals surface area contributed by atoms with Crippen molar-refractivity contribution >= 4 is 11.8 Å². The first-order valence-electron chi connectivity index (χ1n) is 14.1. The van der Waals surface area contributed by atoms with E-state index in [4.69, 9.17) is 20.6 Å². The van der Waals surface area contributed by atoms with Crippen LogP contribution >= 0.6 is 0 Å². The quantitative estimate of drug-likeness (QED) is 0.157. The van der Waals surface area contributed by atoms with Crippen molar-refractivity contribution < 1.29 is 23.8 Å². The number of unbranched alkanes of at least 4 members (excludes halogenated alkanes) is 1. The lowest BCUT2D eigenvalue weighted by molar-refractivity contribution is -0.125. The number of nitrogens with zero attached hydrogens (tertiary/aromatic N) is 1. The Morgan fingerprint density at radius 1 is 0.929 bits per heavy atom. The van der Waals surface area contributed by atoms with Crippen LogP contribution in [-0.4, -0.2) is 56.8 Å². The van der Waals surface area contributed by atoms with Gasteiger partial charge in [0.15, 0.2) is 0 Å². The topological polar surface area (TPSA) is 111 Å². The SMILES string of the molecule is C#CCCCC(=O)NCCOCC(=O)NCCNCc1ccc(OCc2cccc(-c3ccccc3)c2C)nc1OC. The van der Waals surface area contributed by atoms with Crippen LogP contribution in [0.5, 0.6) is 11.8 Å². The van der Waals surface area contributed by atoms with Gasteiger partial charge in [0.25, 0.3) is 0 Å². The predicted octanol–water partition coefficient (Wildman–Crippen LogP) is 3.79. The first kappa shape index (κ1) is 32.1. The fraction of sp³-hybridized carbons (Fsp3) is 0.364. The van der Waals surface area contributed by atoms with E-state index < -0.39 is 0 Å². The lowest BCUT2D eigenvalue weighted by Crippen LogP contribution is -2.35. The Balaban J connectivity index is 1.34. The Morgan fingerprint density at radius 2 is 1.74 bits per heavy atom. The third-order valence-corrected chi connectivity index (χ3v) is 6.48. The molecule has 2 amide bonds. The number of benzene rings is 2. The molecule has 0 fully saturated rings. The summed E-state index contributed by atoms with van der Waals surface area (Å²) in [6.45, 7) is 4.55. The van der Waals surface area contributed by atoms with Gasteiger partial charge >= 0.3 is 0 Å². The Hall–Kier alpha value is -4.39. The number of terminal acetylenes is 1. The van der Waals surface area contributed by atoms with Gasteiger partial charge < -0.3 is 30.2 Å². The molecule has 1 heterocycles. The minimum Gasteiger partial charge on any atom is -0.481 e. The second kappa shape index (κ2) is 18.1. The lowest BCUT2D eigenvalue weighted by atomic mass is 9.97. The molecule has 0 aliphatic heterocycles. The van der Waals surface area contributed by atoms with Crippen molar-refractivity contribution in [2.45, 2.75) is 39.3 Å². The number of carbonyl (C=O) groups excluding carboxylic acids is 2. The molecule has 42 heavy (non-hydrogen) atoms. The maximum Gasteiger partial charge on any atom is 0.246 e. The van der Waals surface area contributed by atoms with E-state index in [1.807, 2.05) is 36.4 Å². The van der Waals surface area contributed by atoms with E-state index in [2.05, 4.69) is 58.0 Å². The van der Waals surface area contributed by atoms with Crippen molar-refractivity contribution in [3.05, 3.63) is 77.4 Å². The van der Waals surface area contributed by atoms with E-state index in [0.29, 0.717) is 63.8 Å². The highest BCUT2D eigenvalue weighted by atomic mass is 16.5. The van der Waals surface area contributed by atoms with Gasteiger partial charge in [-0.2, -0.15) is 4.98 Å². The van der Waals surface area contributed by atoms with Gasteiger partial charge in [0.1, 0.15) is 13.2 Å². The highest BCUT2D eigenvalue weighted by Crippen LogP contribution is 2.27. The largest absolute Gasteiger partial charge is 0.481 e. The Labute approximate surface area is 248 Å². The van der Waals surface area contributed by atoms with Gasteiger partial charge in [0.05, 0.1) is 13.7 Å². The summed E-state index contributed by atoms with van der Waals surface area (Å²) < 4.78 is 16.8. The van der Waals surface area contributed by atoms with Crippen LogP contribution in [0.4, 0.5) is 0 Å². The molecular formula is C33H40N4O5. The summed E-state index contributed by atoms with van der Waals surface area (Å²) >= 11 is 0. The number of rotatable bonds is 18. The van der Waals surface area contributed by atoms with Crippen molar-refractivity contribution in [3.8, 4) is 35.2 Å². The molecule has 0 saturated heterocycles. The molecule has 0 radical (unpaired) electrons. The number of amides is 2. The Kier molecular flexibility index (Phi) is 13.9. The van der Waals surface area contributed by atoms with E-state index in [1.165, 1.54) is 16.7 Å². The molecule has 3 N–H and O–H groups in total. The second-order valence-electron chi connectivity index (χ2n) is 9.55. The molecule has 0 aliphatic rings. The van der Waals surface area contributed by atoms with Gasteiger partial charge in [-0.05, 0) is 41.7 Å². The van der Waals surface area contributed by atoms with E-state index in [9.17, 15) is 9.59 Å². The van der Waals surface area contributed by atoms with E-state index in [-0.39, 0.29) is 25.0 Å². The number of hydrogen-bond acceptors (Lipinski definition) is 7. The normalized spacial score (nSPS) is 10.5. The molecule has 222 valence electrons. The summed E-state index contributed by atoms with van der Waals surface area (Å²) in [4.78, 5) is 28.0. The Bertz CT molecular complexity index is 1320. The van der Waals surface area contributed by atoms with Gasteiger partial charge in [0, 0.05) is 50.7 Å². The van der Waals surface area contributed by atoms with Crippen LogP contribution in [-0.2, 0) is 27.5 Å². The van der Waals surface area contributed by atoms with Crippen LogP contribution < -0.4 is 25.4 Å². The average molecular weight is 573 g/mol. The number of carbonyl (C=O) groups is 2. The summed E-state index contributed by atoms with van der Waals surface area (Å²) in [5.41, 5.74) is 5.50. The molecule has 2 aromatic carbocycles. The van der Waals surface area contributed by atoms with Crippen molar-refractivity contribution in [1.29, 1.82) is 0 Å². The minimum atomic E-state index is -0.220. The highest BCUT2D eigenvalue weighted by Gasteiger charge is 2.10. The van der Waals surface area contributed by atoms with E-state index in [0.717, 1.165) is 11.1 Å². The van der Waals surface area contributed by atoms with Gasteiger partial charge in [-0.15, -0.1) is 12.3 Å². The standard InChI is InChI=1S/C33H40N4O5/c1-4-5-7-15-30(38)36-20-21-41-24-31(39)35-19-18-34-22-27-16-17-32(37-33(27)40-3)42-23-28-13-10-14-29(25(28)2)26-11-8-6-9-12-26/h1,6,8-14,16-17,34H,5,7,15,18-24H2,2-3H3,(H,35,39)(H,36,38). The second-order valence-corrected chi connectivity index (χ2v) is 9.55. The van der Waals surface area contributed by atoms with E-state index >= 15 is 0 Å².